The predicted octanol–water partition coefficient (Wildman–Crippen LogP) is 4.26. The van der Waals surface area contributed by atoms with E-state index >= 15 is 0 Å². The average molecular weight is 286 g/mol. The molecular weight excluding hydrogens is 264 g/mol. The highest BCUT2D eigenvalue weighted by Gasteiger charge is 2.18. The minimum absolute atomic E-state index is 0.245. The number of rotatable bonds is 4. The molecule has 0 saturated carbocycles. The molecule has 4 nitrogen and oxygen atoms in total. The van der Waals surface area contributed by atoms with Gasteiger partial charge in [-0.2, -0.15) is 0 Å². The van der Waals surface area contributed by atoms with E-state index in [9.17, 15) is 10.1 Å². The van der Waals surface area contributed by atoms with E-state index in [1.807, 2.05) is 49.3 Å². The van der Waals surface area contributed by atoms with Gasteiger partial charge in [0.25, 0.3) is 5.70 Å². The second-order valence-corrected chi connectivity index (χ2v) is 5.60. The molecule has 0 heterocycles. The molecule has 0 amide bonds. The Bertz CT molecular complexity index is 557. The van der Waals surface area contributed by atoms with Crippen molar-refractivity contribution in [2.24, 2.45) is 0 Å². The summed E-state index contributed by atoms with van der Waals surface area (Å²) in [5.74, 6) is 0. The van der Waals surface area contributed by atoms with Gasteiger partial charge in [0.05, 0.1) is 4.92 Å². The summed E-state index contributed by atoms with van der Waals surface area (Å²) in [6, 6.07) is 7.81. The third-order valence-corrected chi connectivity index (χ3v) is 3.78. The fourth-order valence-electron chi connectivity index (χ4n) is 2.54. The summed E-state index contributed by atoms with van der Waals surface area (Å²) >= 11 is 0. The van der Waals surface area contributed by atoms with E-state index in [4.69, 9.17) is 0 Å². The molecule has 1 aliphatic carbocycles. The molecule has 112 valence electrons. The van der Waals surface area contributed by atoms with Gasteiger partial charge in [-0.05, 0) is 43.4 Å². The molecule has 0 radical (unpaired) electrons. The first-order chi connectivity index (χ1) is 10.1. The van der Waals surface area contributed by atoms with Gasteiger partial charge < -0.3 is 4.90 Å². The van der Waals surface area contributed by atoms with Crippen molar-refractivity contribution in [1.29, 1.82) is 0 Å². The van der Waals surface area contributed by atoms with Crippen molar-refractivity contribution in [1.82, 2.24) is 0 Å². The highest BCUT2D eigenvalue weighted by molar-refractivity contribution is 5.59. The number of nitro groups is 1. The van der Waals surface area contributed by atoms with E-state index in [2.05, 4.69) is 0 Å². The zero-order valence-electron chi connectivity index (χ0n) is 12.7. The second-order valence-electron chi connectivity index (χ2n) is 5.60. The molecule has 0 unspecified atom stereocenters. The monoisotopic (exact) mass is 286 g/mol. The Morgan fingerprint density at radius 1 is 1.19 bits per heavy atom. The fourth-order valence-corrected chi connectivity index (χ4v) is 2.54. The smallest absolute Gasteiger partial charge is 0.272 e. The van der Waals surface area contributed by atoms with Crippen molar-refractivity contribution in [2.45, 2.75) is 32.1 Å². The van der Waals surface area contributed by atoms with Crippen molar-refractivity contribution in [3.8, 4) is 0 Å². The summed E-state index contributed by atoms with van der Waals surface area (Å²) in [5, 5.41) is 11.4. The molecule has 0 N–H and O–H groups in total. The third kappa shape index (κ3) is 4.18. The summed E-state index contributed by atoms with van der Waals surface area (Å²) in [6.45, 7) is 0. The quantitative estimate of drug-likeness (QED) is 0.613. The molecule has 0 spiro atoms. The molecular formula is C17H22N2O2. The van der Waals surface area contributed by atoms with Gasteiger partial charge >= 0.3 is 0 Å². The highest BCUT2D eigenvalue weighted by Crippen LogP contribution is 2.25. The first-order valence-corrected chi connectivity index (χ1v) is 7.41. The first kappa shape index (κ1) is 15.3. The van der Waals surface area contributed by atoms with Crippen LogP contribution in [0.2, 0.25) is 0 Å². The largest absolute Gasteiger partial charge is 0.378 e. The summed E-state index contributed by atoms with van der Waals surface area (Å²) in [7, 11) is 3.95. The zero-order valence-corrected chi connectivity index (χ0v) is 12.7. The lowest BCUT2D eigenvalue weighted by Gasteiger charge is -2.11. The molecule has 4 heteroatoms. The normalized spacial score (nSPS) is 16.1. The number of hydrogen-bond acceptors (Lipinski definition) is 3. The molecule has 0 atom stereocenters. The Balaban J connectivity index is 2.28. The van der Waals surface area contributed by atoms with Gasteiger partial charge in [-0.15, -0.1) is 0 Å². The fraction of sp³-hybridized carbons (Fsp3) is 0.412. The summed E-state index contributed by atoms with van der Waals surface area (Å²) in [5.41, 5.74) is 3.09. The van der Waals surface area contributed by atoms with Crippen molar-refractivity contribution < 1.29 is 4.92 Å². The lowest BCUT2D eigenvalue weighted by atomic mass is 10.0. The number of anilines is 1. The van der Waals surface area contributed by atoms with Crippen LogP contribution in [-0.2, 0) is 0 Å². The van der Waals surface area contributed by atoms with Crippen LogP contribution >= 0.6 is 0 Å². The Morgan fingerprint density at radius 2 is 1.90 bits per heavy atom. The minimum atomic E-state index is -0.253. The molecule has 2 rings (SSSR count). The zero-order chi connectivity index (χ0) is 15.2. The molecule has 0 aromatic heterocycles. The van der Waals surface area contributed by atoms with Gasteiger partial charge in [-0.3, -0.25) is 10.1 Å². The van der Waals surface area contributed by atoms with Gasteiger partial charge in [-0.1, -0.05) is 24.6 Å². The van der Waals surface area contributed by atoms with Crippen LogP contribution < -0.4 is 4.90 Å². The predicted molar refractivity (Wildman–Crippen MR) is 86.9 cm³/mol. The summed E-state index contributed by atoms with van der Waals surface area (Å²) in [6.07, 6.45) is 8.81. The lowest BCUT2D eigenvalue weighted by Crippen LogP contribution is -2.08. The van der Waals surface area contributed by atoms with Crippen LogP contribution in [0, 0.1) is 10.1 Å². The molecule has 1 aromatic carbocycles. The van der Waals surface area contributed by atoms with E-state index in [-0.39, 0.29) is 10.6 Å². The van der Waals surface area contributed by atoms with Crippen LogP contribution in [-0.4, -0.2) is 19.0 Å². The topological polar surface area (TPSA) is 46.4 Å². The van der Waals surface area contributed by atoms with Crippen molar-refractivity contribution >= 4 is 11.8 Å². The maximum absolute atomic E-state index is 11.4. The lowest BCUT2D eigenvalue weighted by molar-refractivity contribution is -0.419. The molecule has 0 aliphatic heterocycles. The van der Waals surface area contributed by atoms with E-state index in [0.29, 0.717) is 0 Å². The number of hydrogen-bond donors (Lipinski definition) is 0. The first-order valence-electron chi connectivity index (χ1n) is 7.41. The highest BCUT2D eigenvalue weighted by atomic mass is 16.6. The van der Waals surface area contributed by atoms with Gasteiger partial charge in [0.15, 0.2) is 0 Å². The molecule has 0 fully saturated rings. The van der Waals surface area contributed by atoms with Crippen LogP contribution in [0.15, 0.2) is 41.6 Å². The number of nitrogens with zero attached hydrogens (tertiary/aromatic N) is 2. The number of allylic oxidation sites excluding steroid dienone is 2. The van der Waals surface area contributed by atoms with Crippen molar-refractivity contribution in [3.63, 3.8) is 0 Å². The summed E-state index contributed by atoms with van der Waals surface area (Å²) in [4.78, 5) is 13.1. The van der Waals surface area contributed by atoms with Crippen molar-refractivity contribution in [2.75, 3.05) is 19.0 Å². The van der Waals surface area contributed by atoms with Gasteiger partial charge in [0.1, 0.15) is 0 Å². The average Bonchev–Trinajstić information content (AvgIpc) is 2.73. The Morgan fingerprint density at radius 3 is 2.52 bits per heavy atom. The van der Waals surface area contributed by atoms with Gasteiger partial charge in [0, 0.05) is 31.4 Å². The second kappa shape index (κ2) is 7.07. The number of benzene rings is 1. The van der Waals surface area contributed by atoms with E-state index in [0.717, 1.165) is 48.9 Å². The third-order valence-electron chi connectivity index (χ3n) is 3.78. The van der Waals surface area contributed by atoms with E-state index < -0.39 is 0 Å². The molecule has 0 bridgehead atoms. The minimum Gasteiger partial charge on any atom is -0.378 e. The summed E-state index contributed by atoms with van der Waals surface area (Å²) < 4.78 is 0. The van der Waals surface area contributed by atoms with E-state index in [1.165, 1.54) is 0 Å². The van der Waals surface area contributed by atoms with Crippen molar-refractivity contribution in [3.05, 3.63) is 57.3 Å². The molecule has 0 saturated heterocycles. The Hall–Kier alpha value is -2.10. The van der Waals surface area contributed by atoms with Crippen LogP contribution in [0.1, 0.15) is 37.7 Å². The maximum atomic E-state index is 11.4. The van der Waals surface area contributed by atoms with Crippen LogP contribution in [0.3, 0.4) is 0 Å². The molecule has 1 aromatic rings. The van der Waals surface area contributed by atoms with E-state index in [1.54, 1.807) is 6.08 Å². The molecule has 21 heavy (non-hydrogen) atoms. The van der Waals surface area contributed by atoms with Gasteiger partial charge in [0.2, 0.25) is 0 Å². The SMILES string of the molecule is CN(C)c1ccc(/C=C(/C2=CCCCCC2)[N+](=O)[O-])cc1. The van der Waals surface area contributed by atoms with Crippen LogP contribution in [0.5, 0.6) is 0 Å². The molecule has 1 aliphatic rings. The van der Waals surface area contributed by atoms with Gasteiger partial charge in [-0.25, -0.2) is 0 Å². The Kier molecular flexibility index (Phi) is 5.14. The Labute approximate surface area is 125 Å². The standard InChI is InChI=1S/C17H22N2O2/c1-18(2)16-11-9-14(10-12-16)13-17(19(20)21)15-7-5-3-4-6-8-15/h7,9-13H,3-6,8H2,1-2H3/b17-13-. The van der Waals surface area contributed by atoms with Crippen LogP contribution in [0.25, 0.3) is 6.08 Å². The maximum Gasteiger partial charge on any atom is 0.272 e. The van der Waals surface area contributed by atoms with Crippen LogP contribution in [0.4, 0.5) is 5.69 Å².